The van der Waals surface area contributed by atoms with Crippen LogP contribution in [0.4, 0.5) is 5.69 Å². The highest BCUT2D eigenvalue weighted by atomic mass is 35.5. The molecule has 2 aromatic carbocycles. The first-order valence-electron chi connectivity index (χ1n) is 8.85. The van der Waals surface area contributed by atoms with Crippen molar-refractivity contribution in [2.45, 2.75) is 24.5 Å². The molecule has 2 nitrogen and oxygen atoms in total. The Balaban J connectivity index is 1.44. The Hall–Kier alpha value is -1.58. The maximum absolute atomic E-state index is 6.48. The van der Waals surface area contributed by atoms with Crippen molar-refractivity contribution in [3.05, 3.63) is 70.8 Å². The van der Waals surface area contributed by atoms with Crippen LogP contribution < -0.4 is 10.1 Å². The van der Waals surface area contributed by atoms with Gasteiger partial charge in [0.25, 0.3) is 0 Å². The summed E-state index contributed by atoms with van der Waals surface area (Å²) in [4.78, 5) is 0. The van der Waals surface area contributed by atoms with E-state index in [-0.39, 0.29) is 6.04 Å². The molecule has 1 fully saturated rings. The van der Waals surface area contributed by atoms with Gasteiger partial charge in [0.05, 0.1) is 16.8 Å². The topological polar surface area (TPSA) is 21.3 Å². The van der Waals surface area contributed by atoms with Crippen molar-refractivity contribution in [3.8, 4) is 5.75 Å². The van der Waals surface area contributed by atoms with Gasteiger partial charge in [0.15, 0.2) is 0 Å². The van der Waals surface area contributed by atoms with E-state index in [1.807, 2.05) is 17.8 Å². The van der Waals surface area contributed by atoms with E-state index in [4.69, 9.17) is 16.3 Å². The lowest BCUT2D eigenvalue weighted by atomic mass is 9.77. The van der Waals surface area contributed by atoms with Crippen molar-refractivity contribution in [3.63, 3.8) is 0 Å². The Morgan fingerprint density at radius 3 is 2.68 bits per heavy atom. The smallest absolute Gasteiger partial charge is 0.119 e. The molecule has 0 saturated carbocycles. The molecule has 0 aromatic heterocycles. The molecule has 2 heterocycles. The summed E-state index contributed by atoms with van der Waals surface area (Å²) in [6, 6.07) is 15.1. The second-order valence-electron chi connectivity index (χ2n) is 7.03. The van der Waals surface area contributed by atoms with Crippen molar-refractivity contribution >= 4 is 29.1 Å². The van der Waals surface area contributed by atoms with Crippen LogP contribution in [0.5, 0.6) is 5.75 Å². The number of fused-ring (bicyclic) bond motifs is 3. The number of para-hydroxylation sites is 1. The zero-order valence-electron chi connectivity index (χ0n) is 13.8. The number of anilines is 1. The van der Waals surface area contributed by atoms with E-state index in [1.54, 1.807) is 0 Å². The number of hydrogen-bond acceptors (Lipinski definition) is 3. The van der Waals surface area contributed by atoms with Crippen molar-refractivity contribution in [2.24, 2.45) is 5.92 Å². The first-order chi connectivity index (χ1) is 12.3. The third-order valence-corrected chi connectivity index (χ3v) is 7.03. The van der Waals surface area contributed by atoms with Crippen LogP contribution >= 0.6 is 23.4 Å². The zero-order valence-corrected chi connectivity index (χ0v) is 15.4. The van der Waals surface area contributed by atoms with Gasteiger partial charge in [0.2, 0.25) is 0 Å². The van der Waals surface area contributed by atoms with Crippen molar-refractivity contribution in [1.29, 1.82) is 0 Å². The third kappa shape index (κ3) is 2.74. The van der Waals surface area contributed by atoms with Crippen molar-refractivity contribution in [1.82, 2.24) is 0 Å². The van der Waals surface area contributed by atoms with Crippen LogP contribution in [-0.2, 0) is 0 Å². The monoisotopic (exact) mass is 369 g/mol. The summed E-state index contributed by atoms with van der Waals surface area (Å²) in [5, 5.41) is 4.53. The minimum Gasteiger partial charge on any atom is -0.489 e. The highest BCUT2D eigenvalue weighted by Gasteiger charge is 2.38. The molecule has 0 amide bonds. The quantitative estimate of drug-likeness (QED) is 0.705. The largest absolute Gasteiger partial charge is 0.489 e. The average Bonchev–Trinajstić information content (AvgIpc) is 3.09. The summed E-state index contributed by atoms with van der Waals surface area (Å²) in [5.74, 6) is 4.18. The molecule has 4 heteroatoms. The number of allylic oxidation sites excluding steroid dienone is 2. The van der Waals surface area contributed by atoms with Crippen molar-refractivity contribution in [2.75, 3.05) is 16.8 Å². The second kappa shape index (κ2) is 6.30. The van der Waals surface area contributed by atoms with Crippen LogP contribution in [0.1, 0.15) is 29.5 Å². The predicted octanol–water partition coefficient (Wildman–Crippen LogP) is 5.66. The van der Waals surface area contributed by atoms with Crippen LogP contribution in [0.25, 0.3) is 0 Å². The molecule has 2 aromatic rings. The first-order valence-corrected chi connectivity index (χ1v) is 10.4. The molecule has 25 heavy (non-hydrogen) atoms. The zero-order chi connectivity index (χ0) is 16.8. The second-order valence-corrected chi connectivity index (χ2v) is 8.51. The molecule has 3 atom stereocenters. The lowest BCUT2D eigenvalue weighted by molar-refractivity contribution is 0.240. The molecule has 0 spiro atoms. The predicted molar refractivity (Wildman–Crippen MR) is 106 cm³/mol. The number of hydrogen-bond donors (Lipinski definition) is 1. The molecule has 0 bridgehead atoms. The minimum atomic E-state index is 0.278. The molecule has 0 radical (unpaired) electrons. The van der Waals surface area contributed by atoms with Gasteiger partial charge >= 0.3 is 0 Å². The van der Waals surface area contributed by atoms with Crippen LogP contribution in [0.2, 0.25) is 5.02 Å². The van der Waals surface area contributed by atoms with Gasteiger partial charge in [-0.1, -0.05) is 48.0 Å². The lowest BCUT2D eigenvalue weighted by Gasteiger charge is -2.38. The molecular formula is C21H20ClNOS. The van der Waals surface area contributed by atoms with Gasteiger partial charge < -0.3 is 10.1 Å². The van der Waals surface area contributed by atoms with Crippen LogP contribution in [0, 0.1) is 5.92 Å². The number of rotatable bonds is 3. The van der Waals surface area contributed by atoms with E-state index in [2.05, 4.69) is 53.9 Å². The highest BCUT2D eigenvalue weighted by molar-refractivity contribution is 8.00. The first kappa shape index (κ1) is 15.7. The van der Waals surface area contributed by atoms with E-state index in [0.717, 1.165) is 34.4 Å². The van der Waals surface area contributed by atoms with Gasteiger partial charge in [-0.3, -0.25) is 0 Å². The molecule has 128 valence electrons. The number of ether oxygens (including phenoxy) is 1. The van der Waals surface area contributed by atoms with E-state index in [9.17, 15) is 0 Å². The van der Waals surface area contributed by atoms with Gasteiger partial charge in [-0.25, -0.2) is 0 Å². The van der Waals surface area contributed by atoms with Gasteiger partial charge in [0, 0.05) is 17.4 Å². The number of thioether (sulfide) groups is 1. The van der Waals surface area contributed by atoms with Gasteiger partial charge in [-0.15, -0.1) is 0 Å². The Morgan fingerprint density at radius 2 is 1.92 bits per heavy atom. The molecule has 1 saturated heterocycles. The van der Waals surface area contributed by atoms with E-state index in [0.29, 0.717) is 17.9 Å². The Morgan fingerprint density at radius 1 is 1.08 bits per heavy atom. The van der Waals surface area contributed by atoms with Crippen LogP contribution in [-0.4, -0.2) is 17.6 Å². The standard InChI is InChI=1S/C21H20ClNOS/c22-19-6-2-5-18-16-3-1-4-17(16)20(23-21(18)19)13-7-9-14(10-8-13)24-15-11-25-12-15/h1-3,5-10,15-17,20,23H,4,11-12H2/t16-,17-,20+/m0/s1. The van der Waals surface area contributed by atoms with E-state index >= 15 is 0 Å². The normalized spacial score (nSPS) is 27.2. The fourth-order valence-corrected chi connectivity index (χ4v) is 4.94. The molecule has 0 unspecified atom stereocenters. The summed E-state index contributed by atoms with van der Waals surface area (Å²) >= 11 is 8.42. The van der Waals surface area contributed by atoms with Crippen LogP contribution in [0.15, 0.2) is 54.6 Å². The Labute approximate surface area is 157 Å². The SMILES string of the molecule is Clc1cccc2c1N[C@H](c1ccc(OC3CSC3)cc1)[C@H]1CC=C[C@H]21. The van der Waals surface area contributed by atoms with Gasteiger partial charge in [-0.05, 0) is 41.7 Å². The Bertz CT molecular complexity index is 815. The maximum Gasteiger partial charge on any atom is 0.119 e. The van der Waals surface area contributed by atoms with Gasteiger partial charge in [0.1, 0.15) is 11.9 Å². The molecule has 1 N–H and O–H groups in total. The Kier molecular flexibility index (Phi) is 3.94. The third-order valence-electron chi connectivity index (χ3n) is 5.50. The average molecular weight is 370 g/mol. The summed E-state index contributed by atoms with van der Waals surface area (Å²) in [7, 11) is 0. The highest BCUT2D eigenvalue weighted by Crippen LogP contribution is 2.51. The fourth-order valence-electron chi connectivity index (χ4n) is 4.14. The number of halogens is 1. The van der Waals surface area contributed by atoms with E-state index in [1.165, 1.54) is 11.1 Å². The molecule has 3 aliphatic rings. The lowest BCUT2D eigenvalue weighted by Crippen LogP contribution is -2.31. The maximum atomic E-state index is 6.48. The molecule has 5 rings (SSSR count). The summed E-state index contributed by atoms with van der Waals surface area (Å²) in [5.41, 5.74) is 3.72. The fraction of sp³-hybridized carbons (Fsp3) is 0.333. The minimum absolute atomic E-state index is 0.278. The van der Waals surface area contributed by atoms with Crippen LogP contribution in [0.3, 0.4) is 0 Å². The number of benzene rings is 2. The molecule has 2 aliphatic heterocycles. The summed E-state index contributed by atoms with van der Waals surface area (Å²) < 4.78 is 5.98. The summed E-state index contributed by atoms with van der Waals surface area (Å²) in [6.07, 6.45) is 6.15. The van der Waals surface area contributed by atoms with Crippen molar-refractivity contribution < 1.29 is 4.74 Å². The molecule has 1 aliphatic carbocycles. The van der Waals surface area contributed by atoms with E-state index < -0.39 is 0 Å². The molecular weight excluding hydrogens is 350 g/mol. The summed E-state index contributed by atoms with van der Waals surface area (Å²) in [6.45, 7) is 0. The van der Waals surface area contributed by atoms with Gasteiger partial charge in [-0.2, -0.15) is 11.8 Å². The number of nitrogens with one attached hydrogen (secondary N) is 1.